The molecular weight excluding hydrogens is 378 g/mol. The van der Waals surface area contributed by atoms with Crippen molar-refractivity contribution in [3.8, 4) is 0 Å². The molecule has 1 fully saturated rings. The molecule has 2 aromatic carbocycles. The maximum Gasteiger partial charge on any atom is 0.232 e. The first-order valence-electron chi connectivity index (χ1n) is 9.36. The standard InChI is InChI=1S/C22H26ClNO2S/c1-17(27-15-18-5-3-2-4-6-18)21(25)24-16-22(11-13-26-14-12-22)19-7-9-20(23)10-8-19/h2-10,17H,11-16H2,1H3,(H,24,25). The Balaban J connectivity index is 1.59. The third kappa shape index (κ3) is 5.50. The number of carbonyl (C=O) groups excluding carboxylic acids is 1. The van der Waals surface area contributed by atoms with Gasteiger partial charge in [0.25, 0.3) is 0 Å². The van der Waals surface area contributed by atoms with E-state index in [1.807, 2.05) is 37.3 Å². The van der Waals surface area contributed by atoms with Gasteiger partial charge in [-0.25, -0.2) is 0 Å². The van der Waals surface area contributed by atoms with E-state index in [1.165, 1.54) is 11.1 Å². The van der Waals surface area contributed by atoms with Gasteiger partial charge in [-0.05, 0) is 43.0 Å². The molecule has 5 heteroatoms. The van der Waals surface area contributed by atoms with Gasteiger partial charge in [-0.3, -0.25) is 4.79 Å². The number of thioether (sulfide) groups is 1. The molecule has 0 spiro atoms. The average Bonchev–Trinajstić information content (AvgIpc) is 2.72. The van der Waals surface area contributed by atoms with Crippen LogP contribution in [0.15, 0.2) is 54.6 Å². The highest BCUT2D eigenvalue weighted by Crippen LogP contribution is 2.35. The zero-order valence-corrected chi connectivity index (χ0v) is 17.2. The third-order valence-electron chi connectivity index (χ3n) is 5.22. The number of hydrogen-bond donors (Lipinski definition) is 1. The molecule has 0 saturated carbocycles. The maximum atomic E-state index is 12.7. The van der Waals surface area contributed by atoms with E-state index in [2.05, 4.69) is 29.6 Å². The predicted octanol–water partition coefficient (Wildman–Crippen LogP) is 4.83. The van der Waals surface area contributed by atoms with Crippen LogP contribution in [0.25, 0.3) is 0 Å². The van der Waals surface area contributed by atoms with E-state index >= 15 is 0 Å². The van der Waals surface area contributed by atoms with Crippen LogP contribution in [0.5, 0.6) is 0 Å². The summed E-state index contributed by atoms with van der Waals surface area (Å²) in [5.74, 6) is 0.932. The monoisotopic (exact) mass is 403 g/mol. The number of carbonyl (C=O) groups is 1. The molecule has 0 bridgehead atoms. The van der Waals surface area contributed by atoms with Gasteiger partial charge in [-0.2, -0.15) is 0 Å². The van der Waals surface area contributed by atoms with Gasteiger partial charge >= 0.3 is 0 Å². The van der Waals surface area contributed by atoms with Crippen molar-refractivity contribution in [2.24, 2.45) is 0 Å². The van der Waals surface area contributed by atoms with Gasteiger partial charge in [-0.15, -0.1) is 11.8 Å². The Morgan fingerprint density at radius 2 is 1.81 bits per heavy atom. The van der Waals surface area contributed by atoms with Crippen LogP contribution in [0.3, 0.4) is 0 Å². The van der Waals surface area contributed by atoms with Crippen LogP contribution in [0.2, 0.25) is 5.02 Å². The van der Waals surface area contributed by atoms with E-state index in [4.69, 9.17) is 16.3 Å². The minimum absolute atomic E-state index is 0.0810. The summed E-state index contributed by atoms with van der Waals surface area (Å²) in [5, 5.41) is 3.84. The maximum absolute atomic E-state index is 12.7. The van der Waals surface area contributed by atoms with Crippen LogP contribution in [0, 0.1) is 0 Å². The van der Waals surface area contributed by atoms with Crippen LogP contribution < -0.4 is 5.32 Å². The Morgan fingerprint density at radius 1 is 1.15 bits per heavy atom. The first kappa shape index (κ1) is 20.2. The molecule has 1 heterocycles. The Hall–Kier alpha value is -1.49. The fraction of sp³-hybridized carbons (Fsp3) is 0.409. The van der Waals surface area contributed by atoms with Crippen LogP contribution >= 0.6 is 23.4 Å². The highest BCUT2D eigenvalue weighted by molar-refractivity contribution is 7.99. The smallest absolute Gasteiger partial charge is 0.232 e. The summed E-state index contributed by atoms with van der Waals surface area (Å²) in [6, 6.07) is 18.3. The number of ether oxygens (including phenoxy) is 1. The first-order chi connectivity index (χ1) is 13.1. The van der Waals surface area contributed by atoms with Crippen molar-refractivity contribution in [1.29, 1.82) is 0 Å². The van der Waals surface area contributed by atoms with Crippen LogP contribution in [0.4, 0.5) is 0 Å². The van der Waals surface area contributed by atoms with E-state index < -0.39 is 0 Å². The highest BCUT2D eigenvalue weighted by atomic mass is 35.5. The molecule has 1 saturated heterocycles. The van der Waals surface area contributed by atoms with Crippen molar-refractivity contribution in [3.63, 3.8) is 0 Å². The van der Waals surface area contributed by atoms with Gasteiger partial charge in [0.05, 0.1) is 5.25 Å². The molecule has 1 aliphatic heterocycles. The van der Waals surface area contributed by atoms with Crippen molar-refractivity contribution >= 4 is 29.3 Å². The summed E-state index contributed by atoms with van der Waals surface area (Å²) < 4.78 is 5.57. The predicted molar refractivity (Wildman–Crippen MR) is 113 cm³/mol. The highest BCUT2D eigenvalue weighted by Gasteiger charge is 2.35. The normalized spacial score (nSPS) is 17.3. The van der Waals surface area contributed by atoms with Gasteiger partial charge in [0.2, 0.25) is 5.91 Å². The Labute approximate surface area is 170 Å². The fourth-order valence-electron chi connectivity index (χ4n) is 3.40. The minimum atomic E-state index is -0.0904. The summed E-state index contributed by atoms with van der Waals surface area (Å²) in [6.45, 7) is 4.04. The van der Waals surface area contributed by atoms with Crippen LogP contribution in [0.1, 0.15) is 30.9 Å². The van der Waals surface area contributed by atoms with Gasteiger partial charge in [0, 0.05) is 35.9 Å². The summed E-state index contributed by atoms with van der Waals surface area (Å²) >= 11 is 7.72. The SMILES string of the molecule is CC(SCc1ccccc1)C(=O)NCC1(c2ccc(Cl)cc2)CCOCC1. The fourth-order valence-corrected chi connectivity index (χ4v) is 4.40. The number of nitrogens with one attached hydrogen (secondary N) is 1. The lowest BCUT2D eigenvalue weighted by atomic mass is 9.74. The van der Waals surface area contributed by atoms with Crippen LogP contribution in [-0.2, 0) is 20.7 Å². The number of hydrogen-bond acceptors (Lipinski definition) is 3. The zero-order chi connectivity index (χ0) is 19.1. The Bertz CT molecular complexity index is 730. The molecule has 0 aromatic heterocycles. The van der Waals surface area contributed by atoms with Crippen molar-refractivity contribution in [2.45, 2.75) is 36.2 Å². The number of rotatable bonds is 7. The second-order valence-corrected chi connectivity index (χ2v) is 8.82. The first-order valence-corrected chi connectivity index (χ1v) is 10.8. The van der Waals surface area contributed by atoms with Gasteiger partial charge in [-0.1, -0.05) is 54.1 Å². The topological polar surface area (TPSA) is 38.3 Å². The zero-order valence-electron chi connectivity index (χ0n) is 15.6. The molecule has 2 aromatic rings. The summed E-state index contributed by atoms with van der Waals surface area (Å²) in [6.07, 6.45) is 1.81. The molecule has 1 N–H and O–H groups in total. The summed E-state index contributed by atoms with van der Waals surface area (Å²) in [7, 11) is 0. The third-order valence-corrected chi connectivity index (χ3v) is 6.69. The largest absolute Gasteiger partial charge is 0.381 e. The minimum Gasteiger partial charge on any atom is -0.381 e. The van der Waals surface area contributed by atoms with E-state index in [0.717, 1.165) is 36.8 Å². The quantitative estimate of drug-likeness (QED) is 0.719. The molecule has 144 valence electrons. The van der Waals surface area contributed by atoms with Crippen molar-refractivity contribution in [2.75, 3.05) is 19.8 Å². The number of amides is 1. The van der Waals surface area contributed by atoms with Crippen molar-refractivity contribution in [1.82, 2.24) is 5.32 Å². The molecule has 3 rings (SSSR count). The van der Waals surface area contributed by atoms with Crippen LogP contribution in [-0.4, -0.2) is 30.9 Å². The summed E-state index contributed by atoms with van der Waals surface area (Å²) in [4.78, 5) is 12.7. The molecule has 27 heavy (non-hydrogen) atoms. The second kappa shape index (κ2) is 9.63. The van der Waals surface area contributed by atoms with Crippen molar-refractivity contribution < 1.29 is 9.53 Å². The van der Waals surface area contributed by atoms with Gasteiger partial charge < -0.3 is 10.1 Å². The molecule has 1 aliphatic rings. The lowest BCUT2D eigenvalue weighted by Crippen LogP contribution is -2.46. The number of benzene rings is 2. The van der Waals surface area contributed by atoms with E-state index in [1.54, 1.807) is 11.8 Å². The van der Waals surface area contributed by atoms with Gasteiger partial charge in [0.1, 0.15) is 0 Å². The summed E-state index contributed by atoms with van der Waals surface area (Å²) in [5.41, 5.74) is 2.38. The lowest BCUT2D eigenvalue weighted by Gasteiger charge is -2.38. The molecular formula is C22H26ClNO2S. The van der Waals surface area contributed by atoms with Gasteiger partial charge in [0.15, 0.2) is 0 Å². The number of halogens is 1. The molecule has 3 nitrogen and oxygen atoms in total. The average molecular weight is 404 g/mol. The van der Waals surface area contributed by atoms with E-state index in [0.29, 0.717) is 6.54 Å². The molecule has 1 unspecified atom stereocenters. The van der Waals surface area contributed by atoms with E-state index in [-0.39, 0.29) is 16.6 Å². The molecule has 0 aliphatic carbocycles. The molecule has 1 amide bonds. The Morgan fingerprint density at radius 3 is 2.48 bits per heavy atom. The lowest BCUT2D eigenvalue weighted by molar-refractivity contribution is -0.120. The second-order valence-electron chi connectivity index (χ2n) is 7.06. The molecule has 0 radical (unpaired) electrons. The Kier molecular flexibility index (Phi) is 7.22. The van der Waals surface area contributed by atoms with E-state index in [9.17, 15) is 4.79 Å². The van der Waals surface area contributed by atoms with Crippen molar-refractivity contribution in [3.05, 3.63) is 70.7 Å². The molecule has 1 atom stereocenters.